The van der Waals surface area contributed by atoms with E-state index in [1.807, 2.05) is 6.92 Å². The van der Waals surface area contributed by atoms with Crippen LogP contribution in [-0.4, -0.2) is 42.0 Å². The van der Waals surface area contributed by atoms with Crippen LogP contribution in [0.3, 0.4) is 0 Å². The number of phosphoric ester groups is 1. The molecule has 1 rings (SSSR count). The molecule has 0 radical (unpaired) electrons. The summed E-state index contributed by atoms with van der Waals surface area (Å²) < 4.78 is 20.2. The summed E-state index contributed by atoms with van der Waals surface area (Å²) in [6.07, 6.45) is 0.781. The van der Waals surface area contributed by atoms with Gasteiger partial charge in [0.05, 0.1) is 12.6 Å². The Morgan fingerprint density at radius 1 is 1.62 bits per heavy atom. The van der Waals surface area contributed by atoms with Crippen LogP contribution in [0.2, 0.25) is 0 Å². The van der Waals surface area contributed by atoms with Gasteiger partial charge in [-0.3, -0.25) is 13.8 Å². The first-order valence-electron chi connectivity index (χ1n) is 5.16. The fourth-order valence-corrected chi connectivity index (χ4v) is 2.39. The monoisotopic (exact) mass is 251 g/mol. The first-order valence-corrected chi connectivity index (χ1v) is 6.65. The lowest BCUT2D eigenvalue weighted by molar-refractivity contribution is -0.130. The first-order chi connectivity index (χ1) is 7.35. The van der Waals surface area contributed by atoms with Gasteiger partial charge < -0.3 is 9.79 Å². The second-order valence-corrected chi connectivity index (χ2v) is 5.67. The molecule has 1 aliphatic heterocycles. The summed E-state index contributed by atoms with van der Waals surface area (Å²) in [5.41, 5.74) is 0. The number of likely N-dealkylation sites (tertiary alicyclic amines) is 1. The lowest BCUT2D eigenvalue weighted by Gasteiger charge is -2.23. The van der Waals surface area contributed by atoms with E-state index in [-0.39, 0.29) is 18.6 Å². The molecule has 1 N–H and O–H groups in total. The van der Waals surface area contributed by atoms with Gasteiger partial charge in [0.15, 0.2) is 0 Å². The van der Waals surface area contributed by atoms with Crippen molar-refractivity contribution in [2.45, 2.75) is 26.3 Å². The molecule has 1 unspecified atom stereocenters. The molecule has 1 heterocycles. The molecule has 1 fully saturated rings. The zero-order valence-electron chi connectivity index (χ0n) is 9.75. The molecule has 1 saturated heterocycles. The van der Waals surface area contributed by atoms with Crippen LogP contribution in [0.15, 0.2) is 0 Å². The predicted octanol–water partition coefficient (Wildman–Crippen LogP) is 1.01. The van der Waals surface area contributed by atoms with E-state index in [2.05, 4.69) is 4.52 Å². The highest BCUT2D eigenvalue weighted by atomic mass is 31.2. The Morgan fingerprint density at radius 3 is 2.75 bits per heavy atom. The fourth-order valence-electron chi connectivity index (χ4n) is 1.93. The normalized spacial score (nSPS) is 29.1. The summed E-state index contributed by atoms with van der Waals surface area (Å²) in [6.45, 7) is 4.22. The van der Waals surface area contributed by atoms with Gasteiger partial charge in [0.2, 0.25) is 5.91 Å². The van der Waals surface area contributed by atoms with Crippen molar-refractivity contribution in [1.29, 1.82) is 0 Å². The Morgan fingerprint density at radius 2 is 2.25 bits per heavy atom. The van der Waals surface area contributed by atoms with Crippen molar-refractivity contribution >= 4 is 13.7 Å². The number of nitrogens with zero attached hydrogens (tertiary/aromatic N) is 1. The summed E-state index contributed by atoms with van der Waals surface area (Å²) in [6, 6.07) is -0.136. The quantitative estimate of drug-likeness (QED) is 0.754. The molecule has 1 amide bonds. The van der Waals surface area contributed by atoms with Gasteiger partial charge in [0.25, 0.3) is 0 Å². The summed E-state index contributed by atoms with van der Waals surface area (Å²) in [4.78, 5) is 22.1. The molecule has 0 aliphatic carbocycles. The molecule has 1 aliphatic rings. The summed E-state index contributed by atoms with van der Waals surface area (Å²) in [7, 11) is -2.83. The summed E-state index contributed by atoms with van der Waals surface area (Å²) >= 11 is 0. The SMILES string of the molecule is COP(=O)(O)OC[C@@H]1C[C@@H](C)CN1C(C)=O. The first kappa shape index (κ1) is 13.6. The van der Waals surface area contributed by atoms with Gasteiger partial charge in [-0.25, -0.2) is 4.57 Å². The fraction of sp³-hybridized carbons (Fsp3) is 0.889. The van der Waals surface area contributed by atoms with E-state index >= 15 is 0 Å². The molecule has 0 bridgehead atoms. The van der Waals surface area contributed by atoms with Gasteiger partial charge >= 0.3 is 7.82 Å². The Labute approximate surface area is 95.1 Å². The van der Waals surface area contributed by atoms with Gasteiger partial charge in [-0.05, 0) is 12.3 Å². The van der Waals surface area contributed by atoms with Crippen LogP contribution in [0.25, 0.3) is 0 Å². The van der Waals surface area contributed by atoms with E-state index in [9.17, 15) is 9.36 Å². The lowest BCUT2D eigenvalue weighted by atomic mass is 10.1. The number of hydrogen-bond donors (Lipinski definition) is 1. The van der Waals surface area contributed by atoms with Crippen molar-refractivity contribution in [2.75, 3.05) is 20.3 Å². The highest BCUT2D eigenvalue weighted by molar-refractivity contribution is 7.47. The molecule has 0 saturated carbocycles. The zero-order chi connectivity index (χ0) is 12.3. The summed E-state index contributed by atoms with van der Waals surface area (Å²) in [5, 5.41) is 0. The highest BCUT2D eigenvalue weighted by Gasteiger charge is 2.33. The second-order valence-electron chi connectivity index (χ2n) is 4.11. The standard InChI is InChI=1S/C9H18NO5P/c1-7-4-9(10(5-7)8(2)11)6-15-16(12,13)14-3/h7,9H,4-6H2,1-3H3,(H,12,13)/t7-,9+/m1/s1. The topological polar surface area (TPSA) is 76.1 Å². The lowest BCUT2D eigenvalue weighted by Crippen LogP contribution is -2.36. The molecular weight excluding hydrogens is 233 g/mol. The third kappa shape index (κ3) is 3.56. The maximum absolute atomic E-state index is 11.3. The average molecular weight is 251 g/mol. The molecule has 6 nitrogen and oxygen atoms in total. The Balaban J connectivity index is 2.53. The number of rotatable bonds is 4. The minimum absolute atomic E-state index is 0.0333. The molecule has 16 heavy (non-hydrogen) atoms. The molecule has 0 aromatic heterocycles. The summed E-state index contributed by atoms with van der Waals surface area (Å²) in [5.74, 6) is 0.348. The van der Waals surface area contributed by atoms with E-state index in [1.54, 1.807) is 4.90 Å². The van der Waals surface area contributed by atoms with Crippen molar-refractivity contribution in [3.8, 4) is 0 Å². The smallest absolute Gasteiger partial charge is 0.337 e. The van der Waals surface area contributed by atoms with Crippen LogP contribution in [0, 0.1) is 5.92 Å². The molecule has 7 heteroatoms. The van der Waals surface area contributed by atoms with E-state index in [4.69, 9.17) is 9.42 Å². The molecule has 0 spiro atoms. The maximum Gasteiger partial charge on any atom is 0.471 e. The largest absolute Gasteiger partial charge is 0.471 e. The van der Waals surface area contributed by atoms with E-state index in [0.29, 0.717) is 12.5 Å². The van der Waals surface area contributed by atoms with Crippen LogP contribution in [0.4, 0.5) is 0 Å². The van der Waals surface area contributed by atoms with Gasteiger partial charge in [-0.2, -0.15) is 0 Å². The highest BCUT2D eigenvalue weighted by Crippen LogP contribution is 2.42. The van der Waals surface area contributed by atoms with E-state index in [0.717, 1.165) is 13.5 Å². The minimum Gasteiger partial charge on any atom is -0.337 e. The van der Waals surface area contributed by atoms with Gasteiger partial charge in [0.1, 0.15) is 0 Å². The number of phosphoric acid groups is 1. The van der Waals surface area contributed by atoms with Crippen molar-refractivity contribution < 1.29 is 23.3 Å². The molecular formula is C9H18NO5P. The van der Waals surface area contributed by atoms with Crippen LogP contribution in [0.1, 0.15) is 20.3 Å². The Hall–Kier alpha value is -0.420. The Kier molecular flexibility index (Phi) is 4.50. The minimum atomic E-state index is -3.94. The Bertz CT molecular complexity index is 308. The number of carbonyl (C=O) groups is 1. The van der Waals surface area contributed by atoms with Crippen molar-refractivity contribution in [1.82, 2.24) is 4.90 Å². The van der Waals surface area contributed by atoms with Crippen LogP contribution in [-0.2, 0) is 18.4 Å². The van der Waals surface area contributed by atoms with Crippen molar-refractivity contribution in [3.63, 3.8) is 0 Å². The molecule has 3 atom stereocenters. The van der Waals surface area contributed by atoms with E-state index in [1.165, 1.54) is 6.92 Å². The van der Waals surface area contributed by atoms with Crippen molar-refractivity contribution in [3.05, 3.63) is 0 Å². The molecule has 94 valence electrons. The van der Waals surface area contributed by atoms with Crippen LogP contribution < -0.4 is 0 Å². The third-order valence-corrected chi connectivity index (χ3v) is 3.63. The van der Waals surface area contributed by atoms with Crippen LogP contribution in [0.5, 0.6) is 0 Å². The number of hydrogen-bond acceptors (Lipinski definition) is 4. The molecule has 0 aromatic rings. The predicted molar refractivity (Wildman–Crippen MR) is 57.7 cm³/mol. The third-order valence-electron chi connectivity index (χ3n) is 2.69. The van der Waals surface area contributed by atoms with Gasteiger partial charge in [-0.15, -0.1) is 0 Å². The number of carbonyl (C=O) groups excluding carboxylic acids is 1. The molecule has 0 aromatic carbocycles. The maximum atomic E-state index is 11.3. The average Bonchev–Trinajstić information content (AvgIpc) is 2.57. The van der Waals surface area contributed by atoms with Gasteiger partial charge in [-0.1, -0.05) is 6.92 Å². The number of amides is 1. The van der Waals surface area contributed by atoms with Crippen LogP contribution >= 0.6 is 7.82 Å². The zero-order valence-corrected chi connectivity index (χ0v) is 10.6. The van der Waals surface area contributed by atoms with Gasteiger partial charge in [0, 0.05) is 20.6 Å². The van der Waals surface area contributed by atoms with Crippen molar-refractivity contribution in [2.24, 2.45) is 5.92 Å². The second kappa shape index (κ2) is 5.27. The van der Waals surface area contributed by atoms with E-state index < -0.39 is 7.82 Å².